The standard InChI is InChI=1S/C19H20ClNO5S/c1-13(14-6-4-3-5-7-14)11-21-18(22)12-26-19(23)16-10-15(27(2,24)25)8-9-17(16)20/h3-10,13H,11-12H2,1-2H3,(H,21,22)/t13-/m0/s1. The summed E-state index contributed by atoms with van der Waals surface area (Å²) in [6, 6.07) is 13.4. The molecular weight excluding hydrogens is 390 g/mol. The van der Waals surface area contributed by atoms with Crippen molar-refractivity contribution in [1.82, 2.24) is 5.32 Å². The Labute approximate surface area is 163 Å². The van der Waals surface area contributed by atoms with Crippen LogP contribution in [0.3, 0.4) is 0 Å². The summed E-state index contributed by atoms with van der Waals surface area (Å²) < 4.78 is 28.1. The Morgan fingerprint density at radius 2 is 1.81 bits per heavy atom. The number of benzene rings is 2. The molecule has 0 aliphatic rings. The summed E-state index contributed by atoms with van der Waals surface area (Å²) in [5, 5.41) is 2.74. The molecule has 0 saturated carbocycles. The van der Waals surface area contributed by atoms with E-state index in [4.69, 9.17) is 16.3 Å². The van der Waals surface area contributed by atoms with Crippen LogP contribution in [0.25, 0.3) is 0 Å². The molecule has 0 aliphatic carbocycles. The third kappa shape index (κ3) is 6.08. The van der Waals surface area contributed by atoms with Crippen LogP contribution in [-0.2, 0) is 19.4 Å². The molecule has 1 N–H and O–H groups in total. The monoisotopic (exact) mass is 409 g/mol. The fraction of sp³-hybridized carbons (Fsp3) is 0.263. The third-order valence-corrected chi connectivity index (χ3v) is 5.33. The van der Waals surface area contributed by atoms with Crippen molar-refractivity contribution in [1.29, 1.82) is 0 Å². The van der Waals surface area contributed by atoms with Gasteiger partial charge in [-0.3, -0.25) is 4.79 Å². The van der Waals surface area contributed by atoms with E-state index in [0.29, 0.717) is 6.54 Å². The Morgan fingerprint density at radius 1 is 1.15 bits per heavy atom. The highest BCUT2D eigenvalue weighted by Crippen LogP contribution is 2.21. The number of hydrogen-bond donors (Lipinski definition) is 1. The molecular formula is C19H20ClNO5S. The van der Waals surface area contributed by atoms with Gasteiger partial charge in [-0.25, -0.2) is 13.2 Å². The van der Waals surface area contributed by atoms with Gasteiger partial charge in [0.15, 0.2) is 16.4 Å². The topological polar surface area (TPSA) is 89.5 Å². The molecule has 0 aliphatic heterocycles. The number of carbonyl (C=O) groups excluding carboxylic acids is 2. The zero-order valence-corrected chi connectivity index (χ0v) is 16.5. The normalized spacial score (nSPS) is 12.3. The molecule has 2 aromatic carbocycles. The molecule has 0 heterocycles. The minimum atomic E-state index is -3.50. The van der Waals surface area contributed by atoms with Gasteiger partial charge in [-0.05, 0) is 29.7 Å². The summed E-state index contributed by atoms with van der Waals surface area (Å²) in [6.45, 7) is 1.88. The van der Waals surface area contributed by atoms with E-state index in [1.165, 1.54) is 12.1 Å². The van der Waals surface area contributed by atoms with Gasteiger partial charge in [0, 0.05) is 12.8 Å². The van der Waals surface area contributed by atoms with Crippen LogP contribution < -0.4 is 5.32 Å². The number of nitrogens with one attached hydrogen (secondary N) is 1. The molecule has 27 heavy (non-hydrogen) atoms. The number of hydrogen-bond acceptors (Lipinski definition) is 5. The lowest BCUT2D eigenvalue weighted by Gasteiger charge is -2.13. The number of halogens is 1. The van der Waals surface area contributed by atoms with Crippen LogP contribution >= 0.6 is 11.6 Å². The first-order chi connectivity index (χ1) is 12.7. The molecule has 6 nitrogen and oxygen atoms in total. The Balaban J connectivity index is 1.91. The lowest BCUT2D eigenvalue weighted by Crippen LogP contribution is -2.31. The molecule has 0 fully saturated rings. The van der Waals surface area contributed by atoms with Gasteiger partial charge >= 0.3 is 5.97 Å². The van der Waals surface area contributed by atoms with E-state index >= 15 is 0 Å². The quantitative estimate of drug-likeness (QED) is 0.710. The Morgan fingerprint density at radius 3 is 2.44 bits per heavy atom. The second kappa shape index (κ2) is 9.01. The number of sulfone groups is 1. The molecule has 1 amide bonds. The molecule has 0 saturated heterocycles. The highest BCUT2D eigenvalue weighted by Gasteiger charge is 2.18. The van der Waals surface area contributed by atoms with Crippen molar-refractivity contribution in [3.8, 4) is 0 Å². The van der Waals surface area contributed by atoms with Crippen molar-refractivity contribution in [2.75, 3.05) is 19.4 Å². The predicted molar refractivity (Wildman–Crippen MR) is 103 cm³/mol. The average Bonchev–Trinajstić information content (AvgIpc) is 2.64. The zero-order chi connectivity index (χ0) is 20.0. The lowest BCUT2D eigenvalue weighted by molar-refractivity contribution is -0.124. The third-order valence-electron chi connectivity index (χ3n) is 3.89. The number of carbonyl (C=O) groups is 2. The van der Waals surface area contributed by atoms with Gasteiger partial charge in [0.1, 0.15) is 0 Å². The summed E-state index contributed by atoms with van der Waals surface area (Å²) in [5.41, 5.74) is 0.976. The first kappa shape index (κ1) is 20.9. The molecule has 0 radical (unpaired) electrons. The van der Waals surface area contributed by atoms with Gasteiger partial charge in [0.25, 0.3) is 5.91 Å². The van der Waals surface area contributed by atoms with E-state index in [1.54, 1.807) is 0 Å². The van der Waals surface area contributed by atoms with Crippen molar-refractivity contribution >= 4 is 33.3 Å². The average molecular weight is 410 g/mol. The maximum Gasteiger partial charge on any atom is 0.340 e. The number of ether oxygens (including phenoxy) is 1. The smallest absolute Gasteiger partial charge is 0.340 e. The van der Waals surface area contributed by atoms with Crippen molar-refractivity contribution in [2.45, 2.75) is 17.7 Å². The molecule has 2 rings (SSSR count). The lowest BCUT2D eigenvalue weighted by atomic mass is 10.0. The SMILES string of the molecule is C[C@@H](CNC(=O)COC(=O)c1cc(S(C)(=O)=O)ccc1Cl)c1ccccc1. The van der Waals surface area contributed by atoms with E-state index in [2.05, 4.69) is 5.32 Å². The maximum atomic E-state index is 12.1. The molecule has 1 atom stereocenters. The summed E-state index contributed by atoms with van der Waals surface area (Å²) in [6.07, 6.45) is 1.02. The molecule has 0 aromatic heterocycles. The van der Waals surface area contributed by atoms with Gasteiger partial charge in [0.2, 0.25) is 0 Å². The summed E-state index contributed by atoms with van der Waals surface area (Å²) in [4.78, 5) is 24.0. The highest BCUT2D eigenvalue weighted by molar-refractivity contribution is 7.90. The number of rotatable bonds is 7. The second-order valence-corrected chi connectivity index (χ2v) is 8.53. The fourth-order valence-corrected chi connectivity index (χ4v) is 3.16. The van der Waals surface area contributed by atoms with Crippen LogP contribution in [0.4, 0.5) is 0 Å². The Kier molecular flexibility index (Phi) is 6.98. The van der Waals surface area contributed by atoms with E-state index in [-0.39, 0.29) is 21.4 Å². The molecule has 144 valence electrons. The molecule has 0 bridgehead atoms. The summed E-state index contributed by atoms with van der Waals surface area (Å²) in [5.74, 6) is -1.22. The molecule has 2 aromatic rings. The van der Waals surface area contributed by atoms with Crippen LogP contribution in [0.5, 0.6) is 0 Å². The van der Waals surface area contributed by atoms with Gasteiger partial charge < -0.3 is 10.1 Å². The molecule has 0 unspecified atom stereocenters. The predicted octanol–water partition coefficient (Wildman–Crippen LogP) is 2.82. The van der Waals surface area contributed by atoms with Crippen LogP contribution in [0.1, 0.15) is 28.8 Å². The molecule has 0 spiro atoms. The van der Waals surface area contributed by atoms with Crippen molar-refractivity contribution in [2.24, 2.45) is 0 Å². The second-order valence-electron chi connectivity index (χ2n) is 6.11. The zero-order valence-electron chi connectivity index (χ0n) is 14.9. The van der Waals surface area contributed by atoms with Gasteiger partial charge in [-0.2, -0.15) is 0 Å². The van der Waals surface area contributed by atoms with E-state index in [9.17, 15) is 18.0 Å². The van der Waals surface area contributed by atoms with Crippen LogP contribution in [0.2, 0.25) is 5.02 Å². The molecule has 8 heteroatoms. The first-order valence-corrected chi connectivity index (χ1v) is 10.4. The fourth-order valence-electron chi connectivity index (χ4n) is 2.32. The summed E-state index contributed by atoms with van der Waals surface area (Å²) in [7, 11) is -3.50. The Bertz CT molecular complexity index is 928. The number of amides is 1. The van der Waals surface area contributed by atoms with Gasteiger partial charge in [-0.1, -0.05) is 48.9 Å². The van der Waals surface area contributed by atoms with Crippen LogP contribution in [-0.4, -0.2) is 39.7 Å². The number of esters is 1. The minimum absolute atomic E-state index is 0.0468. The Hall–Kier alpha value is -2.38. The van der Waals surface area contributed by atoms with E-state index in [1.807, 2.05) is 37.3 Å². The highest BCUT2D eigenvalue weighted by atomic mass is 35.5. The minimum Gasteiger partial charge on any atom is -0.452 e. The van der Waals surface area contributed by atoms with Crippen molar-refractivity contribution in [3.05, 3.63) is 64.7 Å². The van der Waals surface area contributed by atoms with Crippen molar-refractivity contribution in [3.63, 3.8) is 0 Å². The van der Waals surface area contributed by atoms with Gasteiger partial charge in [0.05, 0.1) is 15.5 Å². The van der Waals surface area contributed by atoms with Crippen LogP contribution in [0.15, 0.2) is 53.4 Å². The maximum absolute atomic E-state index is 12.1. The van der Waals surface area contributed by atoms with E-state index < -0.39 is 28.3 Å². The van der Waals surface area contributed by atoms with Crippen LogP contribution in [0, 0.1) is 0 Å². The first-order valence-electron chi connectivity index (χ1n) is 8.17. The summed E-state index contributed by atoms with van der Waals surface area (Å²) >= 11 is 5.93. The van der Waals surface area contributed by atoms with Gasteiger partial charge in [-0.15, -0.1) is 0 Å². The van der Waals surface area contributed by atoms with Crippen molar-refractivity contribution < 1.29 is 22.7 Å². The largest absolute Gasteiger partial charge is 0.452 e. The van der Waals surface area contributed by atoms with E-state index in [0.717, 1.165) is 17.9 Å².